The fourth-order valence-electron chi connectivity index (χ4n) is 1.61. The Kier molecular flexibility index (Phi) is 3.68. The van der Waals surface area contributed by atoms with Crippen LogP contribution in [0.2, 0.25) is 0 Å². The van der Waals surface area contributed by atoms with E-state index in [4.69, 9.17) is 0 Å². The molecule has 0 aliphatic carbocycles. The lowest BCUT2D eigenvalue weighted by Gasteiger charge is -2.12. The van der Waals surface area contributed by atoms with Gasteiger partial charge in [-0.25, -0.2) is 9.97 Å². The fraction of sp³-hybridized carbons (Fsp3) is 0.364. The average Bonchev–Trinajstić information content (AvgIpc) is 2.75. The van der Waals surface area contributed by atoms with Crippen LogP contribution in [-0.2, 0) is 19.6 Å². The Hall–Kier alpha value is -2.12. The Balaban J connectivity index is 2.02. The van der Waals surface area contributed by atoms with Gasteiger partial charge in [-0.3, -0.25) is 4.68 Å². The van der Waals surface area contributed by atoms with Crippen molar-refractivity contribution in [2.75, 3.05) is 11.9 Å². The number of hydrogen-bond donors (Lipinski definition) is 1. The molecule has 0 amide bonds. The minimum atomic E-state index is -4.42. The molecule has 0 aromatic carbocycles. The van der Waals surface area contributed by atoms with Gasteiger partial charge in [-0.1, -0.05) is 0 Å². The Morgan fingerprint density at radius 1 is 1.32 bits per heavy atom. The highest BCUT2D eigenvalue weighted by molar-refractivity contribution is 5.45. The van der Waals surface area contributed by atoms with E-state index in [2.05, 4.69) is 20.4 Å². The van der Waals surface area contributed by atoms with Crippen molar-refractivity contribution >= 4 is 5.82 Å². The summed E-state index contributed by atoms with van der Waals surface area (Å²) in [6.07, 6.45) is -1.23. The van der Waals surface area contributed by atoms with Gasteiger partial charge in [0.15, 0.2) is 0 Å². The molecule has 1 N–H and O–H groups in total. The Labute approximate surface area is 107 Å². The zero-order valence-electron chi connectivity index (χ0n) is 10.1. The number of pyridine rings is 1. The minimum Gasteiger partial charge on any atom is -0.369 e. The lowest BCUT2D eigenvalue weighted by molar-refractivity contribution is -0.137. The summed E-state index contributed by atoms with van der Waals surface area (Å²) in [5, 5.41) is 6.55. The summed E-state index contributed by atoms with van der Waals surface area (Å²) >= 11 is 0. The van der Waals surface area contributed by atoms with E-state index < -0.39 is 11.7 Å². The highest BCUT2D eigenvalue weighted by Crippen LogP contribution is 2.33. The maximum absolute atomic E-state index is 12.7. The van der Waals surface area contributed by atoms with Crippen molar-refractivity contribution in [3.8, 4) is 0 Å². The van der Waals surface area contributed by atoms with Gasteiger partial charge in [0.1, 0.15) is 18.0 Å². The zero-order valence-corrected chi connectivity index (χ0v) is 10.1. The number of nitrogens with zero attached hydrogens (tertiary/aromatic N) is 4. The summed E-state index contributed by atoms with van der Waals surface area (Å²) in [6.45, 7) is 0.298. The van der Waals surface area contributed by atoms with E-state index in [1.165, 1.54) is 18.6 Å². The van der Waals surface area contributed by atoms with E-state index in [0.29, 0.717) is 18.8 Å². The first-order chi connectivity index (χ1) is 8.98. The first-order valence-corrected chi connectivity index (χ1v) is 5.57. The molecule has 2 aromatic heterocycles. The van der Waals surface area contributed by atoms with Gasteiger partial charge in [-0.05, 0) is 12.1 Å². The Bertz CT molecular complexity index is 549. The lowest BCUT2D eigenvalue weighted by atomic mass is 10.2. The van der Waals surface area contributed by atoms with Crippen molar-refractivity contribution in [2.45, 2.75) is 12.6 Å². The van der Waals surface area contributed by atoms with Crippen LogP contribution in [0.4, 0.5) is 19.0 Å². The molecule has 0 aliphatic heterocycles. The van der Waals surface area contributed by atoms with Crippen molar-refractivity contribution in [1.29, 1.82) is 0 Å². The number of nitrogens with one attached hydrogen (secondary N) is 1. The molecule has 102 valence electrons. The Morgan fingerprint density at radius 2 is 2.11 bits per heavy atom. The third-order valence-corrected chi connectivity index (χ3v) is 2.56. The van der Waals surface area contributed by atoms with Crippen molar-refractivity contribution in [3.05, 3.63) is 36.0 Å². The van der Waals surface area contributed by atoms with Gasteiger partial charge in [-0.15, -0.1) is 0 Å². The summed E-state index contributed by atoms with van der Waals surface area (Å²) in [4.78, 5) is 7.70. The highest BCUT2D eigenvalue weighted by Gasteiger charge is 2.33. The largest absolute Gasteiger partial charge is 0.419 e. The van der Waals surface area contributed by atoms with E-state index in [0.717, 1.165) is 6.07 Å². The second-order valence-corrected chi connectivity index (χ2v) is 3.87. The molecule has 0 atom stereocenters. The molecule has 0 spiro atoms. The third-order valence-electron chi connectivity index (χ3n) is 2.56. The van der Waals surface area contributed by atoms with Crippen molar-refractivity contribution in [3.63, 3.8) is 0 Å². The minimum absolute atomic E-state index is 0.169. The number of aryl methyl sites for hydroxylation is 1. The summed E-state index contributed by atoms with van der Waals surface area (Å²) in [6, 6.07) is 2.26. The number of aromatic nitrogens is 4. The van der Waals surface area contributed by atoms with Gasteiger partial charge >= 0.3 is 6.18 Å². The topological polar surface area (TPSA) is 55.6 Å². The molecule has 2 heterocycles. The maximum atomic E-state index is 12.7. The van der Waals surface area contributed by atoms with Crippen molar-refractivity contribution in [1.82, 2.24) is 19.7 Å². The summed E-state index contributed by atoms with van der Waals surface area (Å²) in [7, 11) is 1.73. The van der Waals surface area contributed by atoms with Crippen molar-refractivity contribution in [2.24, 2.45) is 7.05 Å². The molecule has 8 heteroatoms. The smallest absolute Gasteiger partial charge is 0.369 e. The third kappa shape index (κ3) is 3.21. The molecule has 0 radical (unpaired) electrons. The van der Waals surface area contributed by atoms with E-state index in [9.17, 15) is 13.2 Å². The van der Waals surface area contributed by atoms with Crippen LogP contribution in [0.25, 0.3) is 0 Å². The first kappa shape index (κ1) is 13.3. The van der Waals surface area contributed by atoms with Crippen LogP contribution in [0.5, 0.6) is 0 Å². The van der Waals surface area contributed by atoms with Gasteiger partial charge < -0.3 is 5.32 Å². The molecular weight excluding hydrogens is 259 g/mol. The number of rotatable bonds is 4. The predicted octanol–water partition coefficient (Wildman–Crippen LogP) is 1.88. The molecule has 0 bridgehead atoms. The van der Waals surface area contributed by atoms with Gasteiger partial charge in [0.2, 0.25) is 0 Å². The van der Waals surface area contributed by atoms with Gasteiger partial charge in [0.25, 0.3) is 0 Å². The van der Waals surface area contributed by atoms with Crippen LogP contribution in [0, 0.1) is 0 Å². The van der Waals surface area contributed by atoms with E-state index in [1.54, 1.807) is 11.7 Å². The fourth-order valence-corrected chi connectivity index (χ4v) is 1.61. The monoisotopic (exact) mass is 271 g/mol. The number of alkyl halides is 3. The molecule has 2 aromatic rings. The number of anilines is 1. The lowest BCUT2D eigenvalue weighted by Crippen LogP contribution is -2.15. The van der Waals surface area contributed by atoms with Crippen LogP contribution in [0.3, 0.4) is 0 Å². The molecule has 0 saturated heterocycles. The van der Waals surface area contributed by atoms with Gasteiger partial charge in [-0.2, -0.15) is 18.3 Å². The molecule has 2 rings (SSSR count). The maximum Gasteiger partial charge on any atom is 0.419 e. The normalized spacial score (nSPS) is 11.6. The van der Waals surface area contributed by atoms with Gasteiger partial charge in [0.05, 0.1) is 5.56 Å². The van der Waals surface area contributed by atoms with Crippen molar-refractivity contribution < 1.29 is 13.2 Å². The van der Waals surface area contributed by atoms with E-state index in [1.807, 2.05) is 0 Å². The predicted molar refractivity (Wildman–Crippen MR) is 62.4 cm³/mol. The molecule has 0 fully saturated rings. The van der Waals surface area contributed by atoms with Crippen LogP contribution in [0.15, 0.2) is 24.7 Å². The second kappa shape index (κ2) is 5.25. The van der Waals surface area contributed by atoms with Gasteiger partial charge in [0, 0.05) is 26.2 Å². The molecule has 0 aliphatic rings. The quantitative estimate of drug-likeness (QED) is 0.922. The highest BCUT2D eigenvalue weighted by atomic mass is 19.4. The van der Waals surface area contributed by atoms with E-state index >= 15 is 0 Å². The SMILES string of the molecule is Cn1ncnc1CCNc1ncccc1C(F)(F)F. The molecule has 19 heavy (non-hydrogen) atoms. The Morgan fingerprint density at radius 3 is 2.74 bits per heavy atom. The summed E-state index contributed by atoms with van der Waals surface area (Å²) < 4.78 is 39.7. The number of halogens is 3. The van der Waals surface area contributed by atoms with Crippen LogP contribution in [-0.4, -0.2) is 26.3 Å². The van der Waals surface area contributed by atoms with Crippen LogP contribution >= 0.6 is 0 Å². The standard InChI is InChI=1S/C11H12F3N5/c1-19-9(17-7-18-19)4-6-16-10-8(11(12,13)14)3-2-5-15-10/h2-3,5,7H,4,6H2,1H3,(H,15,16). The first-order valence-electron chi connectivity index (χ1n) is 5.57. The van der Waals surface area contributed by atoms with Crippen LogP contribution in [0.1, 0.15) is 11.4 Å². The molecule has 5 nitrogen and oxygen atoms in total. The van der Waals surface area contributed by atoms with Crippen LogP contribution < -0.4 is 5.32 Å². The second-order valence-electron chi connectivity index (χ2n) is 3.87. The number of hydrogen-bond acceptors (Lipinski definition) is 4. The summed E-state index contributed by atoms with van der Waals surface area (Å²) in [5.41, 5.74) is -0.770. The zero-order chi connectivity index (χ0) is 13.9. The van der Waals surface area contributed by atoms with E-state index in [-0.39, 0.29) is 5.82 Å². The summed E-state index contributed by atoms with van der Waals surface area (Å²) in [5.74, 6) is 0.522. The average molecular weight is 271 g/mol. The molecular formula is C11H12F3N5. The molecule has 0 unspecified atom stereocenters. The molecule has 0 saturated carbocycles.